The van der Waals surface area contributed by atoms with Crippen molar-refractivity contribution in [3.05, 3.63) is 54.1 Å². The molecule has 0 bridgehead atoms. The van der Waals surface area contributed by atoms with Crippen molar-refractivity contribution in [1.29, 1.82) is 0 Å². The molecule has 0 aliphatic heterocycles. The Morgan fingerprint density at radius 3 is 2.30 bits per heavy atom. The van der Waals surface area contributed by atoms with Gasteiger partial charge in [0.2, 0.25) is 0 Å². The van der Waals surface area contributed by atoms with Crippen molar-refractivity contribution >= 4 is 29.1 Å². The molecule has 0 unspecified atom stereocenters. The third-order valence-electron chi connectivity index (χ3n) is 4.69. The first-order valence-electron chi connectivity index (χ1n) is 9.27. The maximum atomic E-state index is 12.1. The largest absolute Gasteiger partial charge is 0.465 e. The summed E-state index contributed by atoms with van der Waals surface area (Å²) < 4.78 is 4.81. The highest BCUT2D eigenvalue weighted by atomic mass is 16.5. The molecule has 0 aromatic heterocycles. The molecule has 0 radical (unpaired) electrons. The summed E-state index contributed by atoms with van der Waals surface area (Å²) in [5.41, 5.74) is 2.66. The zero-order valence-electron chi connectivity index (χ0n) is 15.5. The molecule has 6 nitrogen and oxygen atoms in total. The van der Waals surface area contributed by atoms with Crippen LogP contribution in [0, 0.1) is 0 Å². The molecule has 1 aliphatic rings. The number of rotatable bonds is 5. The van der Waals surface area contributed by atoms with Crippen LogP contribution in [0.2, 0.25) is 0 Å². The summed E-state index contributed by atoms with van der Waals surface area (Å²) in [4.78, 5) is 24.0. The van der Waals surface area contributed by atoms with Crippen LogP contribution in [-0.4, -0.2) is 25.2 Å². The fraction of sp³-hybridized carbons (Fsp3) is 0.333. The number of para-hydroxylation sites is 1. The Kier molecular flexibility index (Phi) is 6.30. The number of ether oxygens (including phenoxy) is 1. The summed E-state index contributed by atoms with van der Waals surface area (Å²) in [5, 5.41) is 9.10. The highest BCUT2D eigenvalue weighted by molar-refractivity contribution is 5.96. The lowest BCUT2D eigenvalue weighted by molar-refractivity contribution is 0.0602. The van der Waals surface area contributed by atoms with E-state index >= 15 is 0 Å². The predicted molar refractivity (Wildman–Crippen MR) is 107 cm³/mol. The molecule has 0 atom stereocenters. The van der Waals surface area contributed by atoms with Gasteiger partial charge in [0.15, 0.2) is 0 Å². The van der Waals surface area contributed by atoms with Gasteiger partial charge in [-0.2, -0.15) is 0 Å². The number of amides is 2. The molecule has 0 saturated heterocycles. The Labute approximate surface area is 159 Å². The van der Waals surface area contributed by atoms with Crippen LogP contribution in [0.15, 0.2) is 48.5 Å². The summed E-state index contributed by atoms with van der Waals surface area (Å²) in [6.45, 7) is 0. The van der Waals surface area contributed by atoms with Crippen LogP contribution in [0.25, 0.3) is 0 Å². The zero-order chi connectivity index (χ0) is 19.1. The van der Waals surface area contributed by atoms with Crippen molar-refractivity contribution in [3.8, 4) is 0 Å². The van der Waals surface area contributed by atoms with Crippen LogP contribution in [0.1, 0.15) is 42.5 Å². The van der Waals surface area contributed by atoms with Gasteiger partial charge in [-0.15, -0.1) is 0 Å². The van der Waals surface area contributed by atoms with Gasteiger partial charge >= 0.3 is 12.0 Å². The molecule has 1 fully saturated rings. The third-order valence-corrected chi connectivity index (χ3v) is 4.69. The van der Waals surface area contributed by atoms with Crippen molar-refractivity contribution in [3.63, 3.8) is 0 Å². The Morgan fingerprint density at radius 2 is 1.59 bits per heavy atom. The van der Waals surface area contributed by atoms with Gasteiger partial charge in [0.05, 0.1) is 18.4 Å². The van der Waals surface area contributed by atoms with Gasteiger partial charge in [-0.1, -0.05) is 31.4 Å². The predicted octanol–water partition coefficient (Wildman–Crippen LogP) is 4.67. The van der Waals surface area contributed by atoms with Crippen LogP contribution < -0.4 is 16.0 Å². The highest BCUT2D eigenvalue weighted by Crippen LogP contribution is 2.23. The molecular formula is C21H25N3O3. The van der Waals surface area contributed by atoms with Gasteiger partial charge < -0.3 is 20.7 Å². The van der Waals surface area contributed by atoms with Gasteiger partial charge in [0, 0.05) is 17.4 Å². The molecule has 1 aliphatic carbocycles. The second-order valence-corrected chi connectivity index (χ2v) is 6.67. The topological polar surface area (TPSA) is 79.5 Å². The number of hydrogen-bond donors (Lipinski definition) is 3. The number of carbonyl (C=O) groups is 2. The maximum absolute atomic E-state index is 12.1. The van der Waals surface area contributed by atoms with E-state index in [1.54, 1.807) is 12.1 Å². The maximum Gasteiger partial charge on any atom is 0.339 e. The number of carbonyl (C=O) groups excluding carboxylic acids is 2. The van der Waals surface area contributed by atoms with Gasteiger partial charge in [-0.3, -0.25) is 0 Å². The van der Waals surface area contributed by atoms with E-state index in [9.17, 15) is 9.59 Å². The molecule has 0 spiro atoms. The number of methoxy groups -OCH3 is 1. The molecule has 6 heteroatoms. The van der Waals surface area contributed by atoms with Crippen molar-refractivity contribution in [2.45, 2.75) is 38.1 Å². The SMILES string of the molecule is COC(=O)c1ccccc1Nc1ccc(NC(=O)NC2CCCCC2)cc1. The standard InChI is InChI=1S/C21H25N3O3/c1-27-20(25)18-9-5-6-10-19(18)22-16-11-13-17(14-12-16)24-21(26)23-15-7-3-2-4-8-15/h5-6,9-15,22H,2-4,7-8H2,1H3,(H2,23,24,26). The fourth-order valence-corrected chi connectivity index (χ4v) is 3.27. The fourth-order valence-electron chi connectivity index (χ4n) is 3.27. The highest BCUT2D eigenvalue weighted by Gasteiger charge is 2.15. The Hall–Kier alpha value is -3.02. The minimum absolute atomic E-state index is 0.168. The minimum atomic E-state index is -0.393. The minimum Gasteiger partial charge on any atom is -0.465 e. The van der Waals surface area contributed by atoms with Gasteiger partial charge in [-0.25, -0.2) is 9.59 Å². The number of nitrogens with one attached hydrogen (secondary N) is 3. The van der Waals surface area contributed by atoms with Crippen molar-refractivity contribution in [2.75, 3.05) is 17.7 Å². The number of urea groups is 1. The monoisotopic (exact) mass is 367 g/mol. The van der Waals surface area contributed by atoms with E-state index in [4.69, 9.17) is 4.74 Å². The normalized spacial score (nSPS) is 14.3. The lowest BCUT2D eigenvalue weighted by Gasteiger charge is -2.22. The molecule has 3 rings (SSSR count). The first-order chi connectivity index (χ1) is 13.2. The third kappa shape index (κ3) is 5.23. The zero-order valence-corrected chi connectivity index (χ0v) is 15.5. The summed E-state index contributed by atoms with van der Waals surface area (Å²) in [5.74, 6) is -0.393. The number of hydrogen-bond acceptors (Lipinski definition) is 4. The van der Waals surface area contributed by atoms with E-state index < -0.39 is 5.97 Å². The molecule has 2 aromatic rings. The number of benzene rings is 2. The Bertz CT molecular complexity index is 784. The lowest BCUT2D eigenvalue weighted by atomic mass is 9.96. The lowest BCUT2D eigenvalue weighted by Crippen LogP contribution is -2.38. The molecule has 27 heavy (non-hydrogen) atoms. The molecular weight excluding hydrogens is 342 g/mol. The van der Waals surface area contributed by atoms with Gasteiger partial charge in [0.1, 0.15) is 0 Å². The van der Waals surface area contributed by atoms with E-state index in [1.807, 2.05) is 36.4 Å². The van der Waals surface area contributed by atoms with E-state index in [2.05, 4.69) is 16.0 Å². The smallest absolute Gasteiger partial charge is 0.339 e. The summed E-state index contributed by atoms with van der Waals surface area (Å²) in [6.07, 6.45) is 5.72. The molecule has 2 aromatic carbocycles. The Morgan fingerprint density at radius 1 is 0.926 bits per heavy atom. The molecule has 142 valence electrons. The second kappa shape index (κ2) is 9.07. The van der Waals surface area contributed by atoms with E-state index in [0.717, 1.165) is 24.2 Å². The molecule has 0 heterocycles. The summed E-state index contributed by atoms with van der Waals surface area (Å²) >= 11 is 0. The average molecular weight is 367 g/mol. The van der Waals surface area contributed by atoms with Gasteiger partial charge in [-0.05, 0) is 49.2 Å². The second-order valence-electron chi connectivity index (χ2n) is 6.67. The average Bonchev–Trinajstić information content (AvgIpc) is 2.70. The van der Waals surface area contributed by atoms with Crippen LogP contribution >= 0.6 is 0 Å². The van der Waals surface area contributed by atoms with Crippen molar-refractivity contribution in [2.24, 2.45) is 0 Å². The molecule has 1 saturated carbocycles. The first kappa shape index (κ1) is 18.8. The summed E-state index contributed by atoms with van der Waals surface area (Å²) in [6, 6.07) is 14.6. The summed E-state index contributed by atoms with van der Waals surface area (Å²) in [7, 11) is 1.36. The van der Waals surface area contributed by atoms with Crippen molar-refractivity contribution in [1.82, 2.24) is 5.32 Å². The van der Waals surface area contributed by atoms with Crippen LogP contribution in [0.4, 0.5) is 21.9 Å². The van der Waals surface area contributed by atoms with E-state index in [0.29, 0.717) is 11.3 Å². The first-order valence-corrected chi connectivity index (χ1v) is 9.27. The Balaban J connectivity index is 1.59. The van der Waals surface area contributed by atoms with Crippen LogP contribution in [0.3, 0.4) is 0 Å². The quantitative estimate of drug-likeness (QED) is 0.671. The molecule has 3 N–H and O–H groups in total. The van der Waals surface area contributed by atoms with E-state index in [1.165, 1.54) is 26.4 Å². The van der Waals surface area contributed by atoms with Crippen molar-refractivity contribution < 1.29 is 14.3 Å². The van der Waals surface area contributed by atoms with E-state index in [-0.39, 0.29) is 12.1 Å². The number of esters is 1. The van der Waals surface area contributed by atoms with Gasteiger partial charge in [0.25, 0.3) is 0 Å². The number of anilines is 3. The van der Waals surface area contributed by atoms with Crippen LogP contribution in [-0.2, 0) is 4.74 Å². The molecule has 2 amide bonds. The van der Waals surface area contributed by atoms with Crippen LogP contribution in [0.5, 0.6) is 0 Å².